The van der Waals surface area contributed by atoms with E-state index in [1.165, 1.54) is 17.8 Å². The van der Waals surface area contributed by atoms with E-state index in [1.54, 1.807) is 26.0 Å². The first kappa shape index (κ1) is 23.1. The molecule has 3 aromatic carbocycles. The average Bonchev–Trinajstić information content (AvgIpc) is 2.78. The SMILES string of the molecule is CSc1ccc(S(=O)(=O)NC(c2ccccc2)c2ccccc2)cc1NC(=O)C(C)C. The molecule has 0 aliphatic heterocycles. The zero-order valence-corrected chi connectivity index (χ0v) is 19.3. The van der Waals surface area contributed by atoms with E-state index in [-0.39, 0.29) is 16.7 Å². The molecule has 0 saturated heterocycles. The lowest BCUT2D eigenvalue weighted by atomic mass is 10.00. The van der Waals surface area contributed by atoms with Crippen LogP contribution in [0.4, 0.5) is 5.69 Å². The Hall–Kier alpha value is -2.61. The van der Waals surface area contributed by atoms with Crippen LogP contribution in [0.2, 0.25) is 0 Å². The lowest BCUT2D eigenvalue weighted by molar-refractivity contribution is -0.118. The zero-order chi connectivity index (χ0) is 22.4. The van der Waals surface area contributed by atoms with E-state index in [4.69, 9.17) is 0 Å². The van der Waals surface area contributed by atoms with Gasteiger partial charge in [0.2, 0.25) is 15.9 Å². The van der Waals surface area contributed by atoms with E-state index in [2.05, 4.69) is 10.0 Å². The number of amides is 1. The summed E-state index contributed by atoms with van der Waals surface area (Å²) in [5.41, 5.74) is 2.17. The lowest BCUT2D eigenvalue weighted by Gasteiger charge is -2.20. The number of rotatable bonds is 8. The molecule has 0 aliphatic carbocycles. The van der Waals surface area contributed by atoms with Gasteiger partial charge in [0.25, 0.3) is 0 Å². The maximum Gasteiger partial charge on any atom is 0.241 e. The van der Waals surface area contributed by atoms with Crippen LogP contribution in [-0.2, 0) is 14.8 Å². The van der Waals surface area contributed by atoms with Crippen LogP contribution in [0.3, 0.4) is 0 Å². The number of carbonyl (C=O) groups excluding carboxylic acids is 1. The molecule has 5 nitrogen and oxygen atoms in total. The standard InChI is InChI=1S/C24H26N2O3S2/c1-17(2)24(27)25-21-16-20(14-15-22(21)30-3)31(28,29)26-23(18-10-6-4-7-11-18)19-12-8-5-9-13-19/h4-17,23,26H,1-3H3,(H,25,27). The molecule has 3 rings (SSSR count). The Morgan fingerprint density at radius 1 is 0.871 bits per heavy atom. The zero-order valence-electron chi connectivity index (χ0n) is 17.7. The molecule has 0 spiro atoms. The molecule has 0 fully saturated rings. The van der Waals surface area contributed by atoms with Crippen LogP contribution in [0.5, 0.6) is 0 Å². The fourth-order valence-corrected chi connectivity index (χ4v) is 4.84. The smallest absolute Gasteiger partial charge is 0.241 e. The Labute approximate surface area is 188 Å². The highest BCUT2D eigenvalue weighted by Crippen LogP contribution is 2.30. The van der Waals surface area contributed by atoms with Gasteiger partial charge in [-0.3, -0.25) is 4.79 Å². The number of hydrogen-bond acceptors (Lipinski definition) is 4. The third-order valence-corrected chi connectivity index (χ3v) is 7.02. The largest absolute Gasteiger partial charge is 0.325 e. The second-order valence-electron chi connectivity index (χ2n) is 7.38. The van der Waals surface area contributed by atoms with Gasteiger partial charge >= 0.3 is 0 Å². The van der Waals surface area contributed by atoms with Crippen LogP contribution < -0.4 is 10.0 Å². The molecular formula is C24H26N2O3S2. The number of thioether (sulfide) groups is 1. The fraction of sp³-hybridized carbons (Fsp3) is 0.208. The highest BCUT2D eigenvalue weighted by Gasteiger charge is 2.24. The summed E-state index contributed by atoms with van der Waals surface area (Å²) in [7, 11) is -3.87. The van der Waals surface area contributed by atoms with Gasteiger partial charge in [-0.1, -0.05) is 74.5 Å². The topological polar surface area (TPSA) is 75.3 Å². The summed E-state index contributed by atoms with van der Waals surface area (Å²) in [6.45, 7) is 3.58. The van der Waals surface area contributed by atoms with Crippen LogP contribution in [0.25, 0.3) is 0 Å². The van der Waals surface area contributed by atoms with Gasteiger partial charge in [-0.2, -0.15) is 4.72 Å². The van der Waals surface area contributed by atoms with E-state index in [0.717, 1.165) is 16.0 Å². The van der Waals surface area contributed by atoms with Crippen molar-refractivity contribution < 1.29 is 13.2 Å². The first-order chi connectivity index (χ1) is 14.8. The number of hydrogen-bond donors (Lipinski definition) is 2. The molecule has 0 aromatic heterocycles. The second-order valence-corrected chi connectivity index (χ2v) is 9.94. The van der Waals surface area contributed by atoms with Gasteiger partial charge in [0.05, 0.1) is 16.6 Å². The van der Waals surface area contributed by atoms with Gasteiger partial charge in [0.15, 0.2) is 0 Å². The van der Waals surface area contributed by atoms with Crippen LogP contribution in [0, 0.1) is 5.92 Å². The molecule has 0 heterocycles. The van der Waals surface area contributed by atoms with E-state index < -0.39 is 16.1 Å². The summed E-state index contributed by atoms with van der Waals surface area (Å²) in [6.07, 6.45) is 1.88. The third-order valence-electron chi connectivity index (χ3n) is 4.80. The van der Waals surface area contributed by atoms with Crippen LogP contribution in [0.15, 0.2) is 88.7 Å². The third kappa shape index (κ3) is 5.76. The van der Waals surface area contributed by atoms with Gasteiger partial charge in [-0.15, -0.1) is 11.8 Å². The van der Waals surface area contributed by atoms with E-state index >= 15 is 0 Å². The molecule has 0 bridgehead atoms. The summed E-state index contributed by atoms with van der Waals surface area (Å²) in [4.78, 5) is 13.1. The molecule has 2 N–H and O–H groups in total. The summed E-state index contributed by atoms with van der Waals surface area (Å²) >= 11 is 1.45. The maximum absolute atomic E-state index is 13.3. The summed E-state index contributed by atoms with van der Waals surface area (Å²) in [5, 5.41) is 2.84. The Bertz CT molecular complexity index is 1090. The highest BCUT2D eigenvalue weighted by atomic mass is 32.2. The summed E-state index contributed by atoms with van der Waals surface area (Å²) in [5.74, 6) is -0.377. The van der Waals surface area contributed by atoms with Crippen molar-refractivity contribution in [2.24, 2.45) is 5.92 Å². The maximum atomic E-state index is 13.3. The normalized spacial score (nSPS) is 11.6. The molecular weight excluding hydrogens is 428 g/mol. The Balaban J connectivity index is 1.98. The van der Waals surface area contributed by atoms with Gasteiger partial charge in [0, 0.05) is 10.8 Å². The minimum atomic E-state index is -3.87. The fourth-order valence-electron chi connectivity index (χ4n) is 3.07. The number of carbonyl (C=O) groups is 1. The van der Waals surface area contributed by atoms with E-state index in [0.29, 0.717) is 5.69 Å². The van der Waals surface area contributed by atoms with Crippen LogP contribution in [-0.4, -0.2) is 20.6 Å². The Kier molecular flexibility index (Phi) is 7.54. The van der Waals surface area contributed by atoms with Crippen molar-refractivity contribution in [2.75, 3.05) is 11.6 Å². The van der Waals surface area contributed by atoms with Crippen molar-refractivity contribution in [3.63, 3.8) is 0 Å². The Morgan fingerprint density at radius 3 is 1.90 bits per heavy atom. The Morgan fingerprint density at radius 2 is 1.42 bits per heavy atom. The van der Waals surface area contributed by atoms with Crippen molar-refractivity contribution in [3.05, 3.63) is 90.0 Å². The number of sulfonamides is 1. The molecule has 31 heavy (non-hydrogen) atoms. The monoisotopic (exact) mass is 454 g/mol. The molecule has 0 unspecified atom stereocenters. The van der Waals surface area contributed by atoms with Crippen LogP contribution in [0.1, 0.15) is 31.0 Å². The predicted octanol–water partition coefficient (Wildman–Crippen LogP) is 5.07. The number of anilines is 1. The lowest BCUT2D eigenvalue weighted by Crippen LogP contribution is -2.29. The van der Waals surface area contributed by atoms with Gasteiger partial charge < -0.3 is 5.32 Å². The predicted molar refractivity (Wildman–Crippen MR) is 127 cm³/mol. The summed E-state index contributed by atoms with van der Waals surface area (Å²) in [6, 6.07) is 23.1. The van der Waals surface area contributed by atoms with Gasteiger partial charge in [0.1, 0.15) is 0 Å². The average molecular weight is 455 g/mol. The molecule has 0 saturated carbocycles. The minimum Gasteiger partial charge on any atom is -0.325 e. The number of nitrogens with one attached hydrogen (secondary N) is 2. The number of benzene rings is 3. The molecule has 162 valence electrons. The van der Waals surface area contributed by atoms with Crippen molar-refractivity contribution in [1.82, 2.24) is 4.72 Å². The minimum absolute atomic E-state index is 0.0984. The van der Waals surface area contributed by atoms with E-state index in [1.807, 2.05) is 66.9 Å². The molecule has 3 aromatic rings. The first-order valence-electron chi connectivity index (χ1n) is 9.93. The molecule has 7 heteroatoms. The molecule has 0 aliphatic rings. The summed E-state index contributed by atoms with van der Waals surface area (Å²) < 4.78 is 29.5. The van der Waals surface area contributed by atoms with Gasteiger partial charge in [-0.25, -0.2) is 8.42 Å². The van der Waals surface area contributed by atoms with Crippen molar-refractivity contribution >= 4 is 33.4 Å². The molecule has 1 amide bonds. The first-order valence-corrected chi connectivity index (χ1v) is 12.6. The van der Waals surface area contributed by atoms with Crippen molar-refractivity contribution in [1.29, 1.82) is 0 Å². The molecule has 0 radical (unpaired) electrons. The van der Waals surface area contributed by atoms with Crippen molar-refractivity contribution in [2.45, 2.75) is 29.7 Å². The second kappa shape index (κ2) is 10.1. The van der Waals surface area contributed by atoms with E-state index in [9.17, 15) is 13.2 Å². The molecule has 0 atom stereocenters. The van der Waals surface area contributed by atoms with Crippen LogP contribution >= 0.6 is 11.8 Å². The quantitative estimate of drug-likeness (QED) is 0.466. The highest BCUT2D eigenvalue weighted by molar-refractivity contribution is 7.98. The van der Waals surface area contributed by atoms with Gasteiger partial charge in [-0.05, 0) is 35.6 Å². The van der Waals surface area contributed by atoms with Crippen molar-refractivity contribution in [3.8, 4) is 0 Å².